The summed E-state index contributed by atoms with van der Waals surface area (Å²) in [4.78, 5) is 23.5. The molecule has 98 valence electrons. The maximum atomic E-state index is 13.2. The number of nitrogens with zero attached hydrogens (tertiary/aromatic N) is 1. The van der Waals surface area contributed by atoms with Gasteiger partial charge in [0.25, 0.3) is 0 Å². The summed E-state index contributed by atoms with van der Waals surface area (Å²) in [5.74, 6) is -2.24. The Labute approximate surface area is 102 Å². The molecule has 0 fully saturated rings. The first-order chi connectivity index (χ1) is 8.43. The lowest BCUT2D eigenvalue weighted by Gasteiger charge is -2.16. The summed E-state index contributed by atoms with van der Waals surface area (Å²) in [7, 11) is 2.53. The summed E-state index contributed by atoms with van der Waals surface area (Å²) >= 11 is 0. The van der Waals surface area contributed by atoms with Crippen molar-refractivity contribution in [2.24, 2.45) is 0 Å². The Bertz CT molecular complexity index is 466. The molecule has 18 heavy (non-hydrogen) atoms. The van der Waals surface area contributed by atoms with E-state index in [9.17, 15) is 18.4 Å². The maximum Gasteiger partial charge on any atom is 0.325 e. The van der Waals surface area contributed by atoms with Gasteiger partial charge in [-0.3, -0.25) is 4.79 Å². The molecule has 0 aliphatic rings. The number of carbonyl (C=O) groups is 2. The van der Waals surface area contributed by atoms with Crippen LogP contribution < -0.4 is 5.32 Å². The molecule has 0 radical (unpaired) electrons. The van der Waals surface area contributed by atoms with E-state index >= 15 is 0 Å². The third-order valence-corrected chi connectivity index (χ3v) is 2.11. The molecular formula is C11H12F2N2O3. The van der Waals surface area contributed by atoms with E-state index in [0.717, 1.165) is 17.0 Å². The zero-order valence-corrected chi connectivity index (χ0v) is 9.87. The Hall–Kier alpha value is -2.18. The summed E-state index contributed by atoms with van der Waals surface area (Å²) in [5, 5.41) is 2.20. The second kappa shape index (κ2) is 5.95. The number of amides is 2. The number of benzene rings is 1. The number of carbonyl (C=O) groups excluding carboxylic acids is 2. The molecule has 2 amide bonds. The molecular weight excluding hydrogens is 246 g/mol. The number of rotatable bonds is 3. The number of ether oxygens (including phenoxy) is 1. The van der Waals surface area contributed by atoms with Crippen molar-refractivity contribution < 1.29 is 23.1 Å². The zero-order valence-electron chi connectivity index (χ0n) is 9.87. The van der Waals surface area contributed by atoms with Gasteiger partial charge < -0.3 is 15.0 Å². The van der Waals surface area contributed by atoms with Crippen LogP contribution in [0, 0.1) is 11.6 Å². The quantitative estimate of drug-likeness (QED) is 0.838. The topological polar surface area (TPSA) is 58.6 Å². The Balaban J connectivity index is 2.66. The molecule has 0 aromatic heterocycles. The van der Waals surface area contributed by atoms with E-state index in [1.807, 2.05) is 0 Å². The molecule has 1 aromatic carbocycles. The highest BCUT2D eigenvalue weighted by atomic mass is 19.1. The normalized spacial score (nSPS) is 9.78. The van der Waals surface area contributed by atoms with Gasteiger partial charge >= 0.3 is 12.0 Å². The highest BCUT2D eigenvalue weighted by Gasteiger charge is 2.14. The van der Waals surface area contributed by atoms with Gasteiger partial charge in [-0.15, -0.1) is 0 Å². The lowest BCUT2D eigenvalue weighted by molar-refractivity contribution is -0.140. The van der Waals surface area contributed by atoms with Crippen molar-refractivity contribution in [2.45, 2.75) is 0 Å². The fourth-order valence-electron chi connectivity index (χ4n) is 1.13. The molecule has 0 unspecified atom stereocenters. The van der Waals surface area contributed by atoms with Gasteiger partial charge in [0.1, 0.15) is 18.2 Å². The molecule has 1 aromatic rings. The minimum Gasteiger partial charge on any atom is -0.468 e. The molecule has 0 bridgehead atoms. The summed E-state index contributed by atoms with van der Waals surface area (Å²) in [5.41, 5.74) is -0.168. The molecule has 0 saturated carbocycles. The summed E-state index contributed by atoms with van der Waals surface area (Å²) < 4.78 is 30.3. The monoisotopic (exact) mass is 258 g/mol. The number of likely N-dealkylation sites (N-methyl/N-ethyl adjacent to an activating group) is 1. The van der Waals surface area contributed by atoms with E-state index in [-0.39, 0.29) is 12.2 Å². The number of nitrogens with one attached hydrogen (secondary N) is 1. The van der Waals surface area contributed by atoms with E-state index < -0.39 is 23.6 Å². The van der Waals surface area contributed by atoms with Crippen LogP contribution in [0.1, 0.15) is 0 Å². The third kappa shape index (κ3) is 3.69. The van der Waals surface area contributed by atoms with Crippen molar-refractivity contribution in [3.8, 4) is 0 Å². The number of esters is 1. The van der Waals surface area contributed by atoms with Crippen molar-refractivity contribution in [1.82, 2.24) is 4.90 Å². The number of urea groups is 1. The zero-order chi connectivity index (χ0) is 13.7. The molecule has 0 spiro atoms. The highest BCUT2D eigenvalue weighted by Crippen LogP contribution is 2.15. The van der Waals surface area contributed by atoms with Crippen LogP contribution in [0.2, 0.25) is 0 Å². The van der Waals surface area contributed by atoms with Crippen molar-refractivity contribution in [3.63, 3.8) is 0 Å². The van der Waals surface area contributed by atoms with E-state index in [4.69, 9.17) is 0 Å². The Kier molecular flexibility index (Phi) is 4.59. The van der Waals surface area contributed by atoms with Gasteiger partial charge in [0.2, 0.25) is 0 Å². The van der Waals surface area contributed by atoms with E-state index in [1.54, 1.807) is 0 Å². The largest absolute Gasteiger partial charge is 0.468 e. The van der Waals surface area contributed by atoms with Gasteiger partial charge in [-0.05, 0) is 12.1 Å². The molecule has 1 rings (SSSR count). The average molecular weight is 258 g/mol. The third-order valence-electron chi connectivity index (χ3n) is 2.11. The van der Waals surface area contributed by atoms with Crippen LogP contribution in [0.4, 0.5) is 19.3 Å². The smallest absolute Gasteiger partial charge is 0.325 e. The fraction of sp³-hybridized carbons (Fsp3) is 0.273. The fourth-order valence-corrected chi connectivity index (χ4v) is 1.13. The van der Waals surface area contributed by atoms with E-state index in [0.29, 0.717) is 6.07 Å². The predicted molar refractivity (Wildman–Crippen MR) is 60.0 cm³/mol. The van der Waals surface area contributed by atoms with Crippen LogP contribution in [-0.2, 0) is 9.53 Å². The second-order valence-electron chi connectivity index (χ2n) is 3.49. The lowest BCUT2D eigenvalue weighted by Crippen LogP contribution is -2.36. The van der Waals surface area contributed by atoms with Gasteiger partial charge in [0.05, 0.1) is 12.8 Å². The van der Waals surface area contributed by atoms with Gasteiger partial charge in [0, 0.05) is 13.1 Å². The molecule has 0 aliphatic carbocycles. The average Bonchev–Trinajstić information content (AvgIpc) is 2.32. The van der Waals surface area contributed by atoms with Gasteiger partial charge in [0.15, 0.2) is 0 Å². The minimum absolute atomic E-state index is 0.168. The molecule has 1 N–H and O–H groups in total. The lowest BCUT2D eigenvalue weighted by atomic mass is 10.3. The van der Waals surface area contributed by atoms with Crippen LogP contribution in [0.3, 0.4) is 0 Å². The first-order valence-electron chi connectivity index (χ1n) is 4.98. The SMILES string of the molecule is COC(=O)CN(C)C(=O)Nc1ccc(F)cc1F. The van der Waals surface area contributed by atoms with Crippen LogP contribution in [0.5, 0.6) is 0 Å². The predicted octanol–water partition coefficient (Wildman–Crippen LogP) is 1.60. The summed E-state index contributed by atoms with van der Waals surface area (Å²) in [6, 6.07) is 2.05. The maximum absolute atomic E-state index is 13.2. The van der Waals surface area contributed by atoms with Gasteiger partial charge in [-0.2, -0.15) is 0 Å². The molecule has 0 aliphatic heterocycles. The Morgan fingerprint density at radius 1 is 1.39 bits per heavy atom. The van der Waals surface area contributed by atoms with Crippen molar-refractivity contribution in [2.75, 3.05) is 26.0 Å². The number of anilines is 1. The standard InChI is InChI=1S/C11H12F2N2O3/c1-15(6-10(16)18-2)11(17)14-9-4-3-7(12)5-8(9)13/h3-5H,6H2,1-2H3,(H,14,17). The van der Waals surface area contributed by atoms with Gasteiger partial charge in [-0.25, -0.2) is 13.6 Å². The number of hydrogen-bond acceptors (Lipinski definition) is 3. The summed E-state index contributed by atoms with van der Waals surface area (Å²) in [6.07, 6.45) is 0. The van der Waals surface area contributed by atoms with Crippen LogP contribution >= 0.6 is 0 Å². The van der Waals surface area contributed by atoms with Crippen LogP contribution in [0.25, 0.3) is 0 Å². The summed E-state index contributed by atoms with van der Waals surface area (Å²) in [6.45, 7) is -0.273. The molecule has 0 atom stereocenters. The second-order valence-corrected chi connectivity index (χ2v) is 3.49. The van der Waals surface area contributed by atoms with E-state index in [2.05, 4.69) is 10.1 Å². The number of hydrogen-bond donors (Lipinski definition) is 1. The van der Waals surface area contributed by atoms with E-state index in [1.165, 1.54) is 14.2 Å². The number of methoxy groups -OCH3 is 1. The molecule has 5 nitrogen and oxygen atoms in total. The first kappa shape index (κ1) is 13.9. The Morgan fingerprint density at radius 3 is 2.61 bits per heavy atom. The van der Waals surface area contributed by atoms with Crippen LogP contribution in [-0.4, -0.2) is 37.6 Å². The Morgan fingerprint density at radius 2 is 2.06 bits per heavy atom. The first-order valence-corrected chi connectivity index (χ1v) is 4.98. The number of halogens is 2. The molecule has 7 heteroatoms. The van der Waals surface area contributed by atoms with Crippen molar-refractivity contribution in [3.05, 3.63) is 29.8 Å². The minimum atomic E-state index is -0.894. The molecule has 0 heterocycles. The molecule has 0 saturated heterocycles. The van der Waals surface area contributed by atoms with Gasteiger partial charge in [-0.1, -0.05) is 0 Å². The van der Waals surface area contributed by atoms with Crippen molar-refractivity contribution in [1.29, 1.82) is 0 Å². The highest BCUT2D eigenvalue weighted by molar-refractivity contribution is 5.91. The van der Waals surface area contributed by atoms with Crippen LogP contribution in [0.15, 0.2) is 18.2 Å². The van der Waals surface area contributed by atoms with Crippen molar-refractivity contribution >= 4 is 17.7 Å².